The molecule has 1 aromatic rings. The maximum Gasteiger partial charge on any atom is 0.233 e. The first-order valence-corrected chi connectivity index (χ1v) is 9.89. The molecule has 1 heterocycles. The summed E-state index contributed by atoms with van der Waals surface area (Å²) in [4.78, 5) is 14.2. The van der Waals surface area contributed by atoms with Gasteiger partial charge in [0.05, 0.1) is 19.0 Å². The van der Waals surface area contributed by atoms with Crippen molar-refractivity contribution in [3.05, 3.63) is 23.8 Å². The SMILES string of the molecule is COc1ccc(C2SCC(=O)N2CC(C)C)cc1OC1CCCC1. The molecular formula is C19H27NO3S. The van der Waals surface area contributed by atoms with E-state index in [4.69, 9.17) is 9.47 Å². The molecule has 0 aromatic heterocycles. The molecule has 1 atom stereocenters. The van der Waals surface area contributed by atoms with Gasteiger partial charge in [0.1, 0.15) is 5.37 Å². The zero-order valence-electron chi connectivity index (χ0n) is 14.8. The van der Waals surface area contributed by atoms with Gasteiger partial charge in [0.15, 0.2) is 11.5 Å². The van der Waals surface area contributed by atoms with Gasteiger partial charge in [-0.1, -0.05) is 19.9 Å². The molecule has 3 rings (SSSR count). The van der Waals surface area contributed by atoms with E-state index in [1.807, 2.05) is 11.0 Å². The van der Waals surface area contributed by atoms with E-state index >= 15 is 0 Å². The maximum absolute atomic E-state index is 12.2. The van der Waals surface area contributed by atoms with Crippen LogP contribution in [-0.4, -0.2) is 36.3 Å². The van der Waals surface area contributed by atoms with Gasteiger partial charge >= 0.3 is 0 Å². The van der Waals surface area contributed by atoms with Crippen molar-refractivity contribution in [1.29, 1.82) is 0 Å². The molecule has 1 aromatic carbocycles. The fraction of sp³-hybridized carbons (Fsp3) is 0.632. The second kappa shape index (κ2) is 7.68. The normalized spacial score (nSPS) is 21.8. The first-order valence-electron chi connectivity index (χ1n) is 8.84. The highest BCUT2D eigenvalue weighted by molar-refractivity contribution is 8.00. The number of carbonyl (C=O) groups excluding carboxylic acids is 1. The van der Waals surface area contributed by atoms with Crippen LogP contribution in [0, 0.1) is 5.92 Å². The van der Waals surface area contributed by atoms with E-state index in [0.717, 1.165) is 36.4 Å². The Bertz CT molecular complexity index is 584. The molecule has 0 spiro atoms. The molecule has 1 unspecified atom stereocenters. The summed E-state index contributed by atoms with van der Waals surface area (Å²) in [7, 11) is 1.68. The second-order valence-electron chi connectivity index (χ2n) is 7.04. The van der Waals surface area contributed by atoms with Gasteiger partial charge < -0.3 is 14.4 Å². The van der Waals surface area contributed by atoms with Crippen molar-refractivity contribution in [2.45, 2.75) is 51.0 Å². The highest BCUT2D eigenvalue weighted by Gasteiger charge is 2.33. The average Bonchev–Trinajstić information content (AvgIpc) is 3.18. The van der Waals surface area contributed by atoms with Crippen molar-refractivity contribution in [3.63, 3.8) is 0 Å². The molecule has 24 heavy (non-hydrogen) atoms. The Morgan fingerprint density at radius 2 is 2.00 bits per heavy atom. The molecule has 1 saturated heterocycles. The molecule has 2 fully saturated rings. The van der Waals surface area contributed by atoms with Gasteiger partial charge in [0.2, 0.25) is 5.91 Å². The minimum absolute atomic E-state index is 0.0803. The lowest BCUT2D eigenvalue weighted by Crippen LogP contribution is -2.31. The van der Waals surface area contributed by atoms with Crippen LogP contribution in [-0.2, 0) is 4.79 Å². The van der Waals surface area contributed by atoms with Gasteiger partial charge in [-0.15, -0.1) is 11.8 Å². The fourth-order valence-electron chi connectivity index (χ4n) is 3.45. The molecule has 1 amide bonds. The van der Waals surface area contributed by atoms with Crippen LogP contribution in [0.25, 0.3) is 0 Å². The highest BCUT2D eigenvalue weighted by atomic mass is 32.2. The first kappa shape index (κ1) is 17.5. The number of ether oxygens (including phenoxy) is 2. The first-order chi connectivity index (χ1) is 11.6. The van der Waals surface area contributed by atoms with Gasteiger partial charge in [-0.25, -0.2) is 0 Å². The smallest absolute Gasteiger partial charge is 0.233 e. The number of carbonyl (C=O) groups is 1. The molecule has 0 N–H and O–H groups in total. The molecule has 1 aliphatic carbocycles. The monoisotopic (exact) mass is 349 g/mol. The van der Waals surface area contributed by atoms with Gasteiger partial charge in [0.25, 0.3) is 0 Å². The van der Waals surface area contributed by atoms with E-state index in [9.17, 15) is 4.79 Å². The molecule has 4 nitrogen and oxygen atoms in total. The van der Waals surface area contributed by atoms with E-state index in [0.29, 0.717) is 17.8 Å². The van der Waals surface area contributed by atoms with E-state index in [-0.39, 0.29) is 11.3 Å². The summed E-state index contributed by atoms with van der Waals surface area (Å²) >= 11 is 1.70. The van der Waals surface area contributed by atoms with Crippen LogP contribution in [0.4, 0.5) is 0 Å². The number of hydrogen-bond donors (Lipinski definition) is 0. The van der Waals surface area contributed by atoms with Crippen LogP contribution in [0.5, 0.6) is 11.5 Å². The van der Waals surface area contributed by atoms with Crippen LogP contribution in [0.3, 0.4) is 0 Å². The molecule has 132 valence electrons. The Hall–Kier alpha value is -1.36. The summed E-state index contributed by atoms with van der Waals surface area (Å²) in [5.74, 6) is 2.83. The summed E-state index contributed by atoms with van der Waals surface area (Å²) < 4.78 is 11.7. The lowest BCUT2D eigenvalue weighted by molar-refractivity contribution is -0.128. The summed E-state index contributed by atoms with van der Waals surface area (Å²) in [5, 5.41) is 0.0803. The van der Waals surface area contributed by atoms with Crippen molar-refractivity contribution in [1.82, 2.24) is 4.90 Å². The maximum atomic E-state index is 12.2. The number of amides is 1. The number of benzene rings is 1. The standard InChI is InChI=1S/C19H27NO3S/c1-13(2)11-20-18(21)12-24-19(20)14-8-9-16(22-3)17(10-14)23-15-6-4-5-7-15/h8-10,13,15,19H,4-7,11-12H2,1-3H3. The molecule has 1 aliphatic heterocycles. The Morgan fingerprint density at radius 3 is 2.67 bits per heavy atom. The largest absolute Gasteiger partial charge is 0.493 e. The second-order valence-corrected chi connectivity index (χ2v) is 8.11. The van der Waals surface area contributed by atoms with E-state index in [2.05, 4.69) is 26.0 Å². The molecule has 5 heteroatoms. The molecule has 0 radical (unpaired) electrons. The number of nitrogens with zero attached hydrogens (tertiary/aromatic N) is 1. The molecule has 2 aliphatic rings. The third-order valence-electron chi connectivity index (χ3n) is 4.60. The Morgan fingerprint density at radius 1 is 1.25 bits per heavy atom. The van der Waals surface area contributed by atoms with Crippen LogP contribution in [0.2, 0.25) is 0 Å². The fourth-order valence-corrected chi connectivity index (χ4v) is 4.63. The summed E-state index contributed by atoms with van der Waals surface area (Å²) in [5.41, 5.74) is 1.13. The molecular weight excluding hydrogens is 322 g/mol. The number of hydrogen-bond acceptors (Lipinski definition) is 4. The van der Waals surface area contributed by atoms with Crippen LogP contribution in [0.15, 0.2) is 18.2 Å². The average molecular weight is 349 g/mol. The molecule has 0 bridgehead atoms. The summed E-state index contributed by atoms with van der Waals surface area (Å²) in [6, 6.07) is 6.10. The zero-order valence-corrected chi connectivity index (χ0v) is 15.6. The third-order valence-corrected chi connectivity index (χ3v) is 5.85. The van der Waals surface area contributed by atoms with Gasteiger partial charge in [0, 0.05) is 6.54 Å². The van der Waals surface area contributed by atoms with E-state index < -0.39 is 0 Å². The van der Waals surface area contributed by atoms with Crippen molar-refractivity contribution in [3.8, 4) is 11.5 Å². The van der Waals surface area contributed by atoms with Gasteiger partial charge in [-0.3, -0.25) is 4.79 Å². The number of methoxy groups -OCH3 is 1. The molecule has 1 saturated carbocycles. The van der Waals surface area contributed by atoms with E-state index in [1.165, 1.54) is 12.8 Å². The predicted molar refractivity (Wildman–Crippen MR) is 97.6 cm³/mol. The Kier molecular flexibility index (Phi) is 5.59. The minimum atomic E-state index is 0.0803. The predicted octanol–water partition coefficient (Wildman–Crippen LogP) is 4.25. The summed E-state index contributed by atoms with van der Waals surface area (Å²) in [6.07, 6.45) is 5.00. The van der Waals surface area contributed by atoms with Crippen molar-refractivity contribution in [2.24, 2.45) is 5.92 Å². The topological polar surface area (TPSA) is 38.8 Å². The van der Waals surface area contributed by atoms with Crippen molar-refractivity contribution in [2.75, 3.05) is 19.4 Å². The van der Waals surface area contributed by atoms with Gasteiger partial charge in [-0.2, -0.15) is 0 Å². The number of rotatable bonds is 6. The van der Waals surface area contributed by atoms with Crippen LogP contribution < -0.4 is 9.47 Å². The van der Waals surface area contributed by atoms with Crippen LogP contribution >= 0.6 is 11.8 Å². The van der Waals surface area contributed by atoms with Crippen molar-refractivity contribution < 1.29 is 14.3 Å². The Labute approximate surface area is 148 Å². The lowest BCUT2D eigenvalue weighted by Gasteiger charge is -2.26. The lowest BCUT2D eigenvalue weighted by atomic mass is 10.1. The third kappa shape index (κ3) is 3.82. The van der Waals surface area contributed by atoms with Crippen molar-refractivity contribution >= 4 is 17.7 Å². The van der Waals surface area contributed by atoms with E-state index in [1.54, 1.807) is 18.9 Å². The number of thioether (sulfide) groups is 1. The minimum Gasteiger partial charge on any atom is -0.493 e. The summed E-state index contributed by atoms with van der Waals surface area (Å²) in [6.45, 7) is 5.09. The highest BCUT2D eigenvalue weighted by Crippen LogP contribution is 2.42. The Balaban J connectivity index is 1.83. The van der Waals surface area contributed by atoms with Crippen LogP contribution in [0.1, 0.15) is 50.5 Å². The quantitative estimate of drug-likeness (QED) is 0.770. The van der Waals surface area contributed by atoms with Gasteiger partial charge in [-0.05, 0) is 49.3 Å². The zero-order chi connectivity index (χ0) is 17.1.